The number of para-hydroxylation sites is 2. The predicted molar refractivity (Wildman–Crippen MR) is 74.0 cm³/mol. The number of anilines is 1. The Morgan fingerprint density at radius 2 is 2.11 bits per heavy atom. The number of rotatable bonds is 3. The van der Waals surface area contributed by atoms with Gasteiger partial charge in [0.05, 0.1) is 12.2 Å². The Kier molecular flexibility index (Phi) is 2.74. The fourth-order valence-corrected chi connectivity index (χ4v) is 2.14. The molecule has 0 aliphatic carbocycles. The van der Waals surface area contributed by atoms with Crippen LogP contribution in [0.15, 0.2) is 34.9 Å². The van der Waals surface area contributed by atoms with Crippen LogP contribution < -0.4 is 5.32 Å². The van der Waals surface area contributed by atoms with Crippen molar-refractivity contribution in [1.82, 2.24) is 14.8 Å². The zero-order chi connectivity index (χ0) is 13.4. The number of hydrogen-bond donors (Lipinski definition) is 1. The molecule has 3 aromatic rings. The van der Waals surface area contributed by atoms with E-state index in [-0.39, 0.29) is 6.04 Å². The van der Waals surface area contributed by atoms with Gasteiger partial charge in [-0.3, -0.25) is 4.68 Å². The van der Waals surface area contributed by atoms with Crippen LogP contribution in [0.4, 0.5) is 6.01 Å². The summed E-state index contributed by atoms with van der Waals surface area (Å²) in [6.07, 6.45) is 1.87. The number of oxazole rings is 1. The minimum absolute atomic E-state index is 0.0989. The summed E-state index contributed by atoms with van der Waals surface area (Å²) >= 11 is 0. The lowest BCUT2D eigenvalue weighted by Crippen LogP contribution is -2.08. The topological polar surface area (TPSA) is 55.9 Å². The van der Waals surface area contributed by atoms with Gasteiger partial charge >= 0.3 is 0 Å². The summed E-state index contributed by atoms with van der Waals surface area (Å²) in [6, 6.07) is 8.37. The molecule has 0 radical (unpaired) electrons. The van der Waals surface area contributed by atoms with Crippen LogP contribution in [0.2, 0.25) is 0 Å². The third-order valence-corrected chi connectivity index (χ3v) is 3.37. The van der Waals surface area contributed by atoms with Gasteiger partial charge in [-0.15, -0.1) is 0 Å². The molecule has 0 aliphatic heterocycles. The smallest absolute Gasteiger partial charge is 0.296 e. The van der Waals surface area contributed by atoms with E-state index in [0.717, 1.165) is 22.4 Å². The maximum absolute atomic E-state index is 5.66. The first-order valence-electron chi connectivity index (χ1n) is 6.26. The summed E-state index contributed by atoms with van der Waals surface area (Å²) in [4.78, 5) is 4.41. The number of nitrogens with one attached hydrogen (secondary N) is 1. The Balaban J connectivity index is 1.86. The third kappa shape index (κ3) is 2.07. The highest BCUT2D eigenvalue weighted by atomic mass is 16.4. The van der Waals surface area contributed by atoms with Gasteiger partial charge in [-0.1, -0.05) is 12.1 Å². The Hall–Kier alpha value is -2.30. The Bertz CT molecular complexity index is 680. The minimum atomic E-state index is 0.0989. The van der Waals surface area contributed by atoms with Gasteiger partial charge in [-0.25, -0.2) is 0 Å². The largest absolute Gasteiger partial charge is 0.424 e. The van der Waals surface area contributed by atoms with Crippen LogP contribution in [0.1, 0.15) is 24.2 Å². The molecule has 1 unspecified atom stereocenters. The fraction of sp³-hybridized carbons (Fsp3) is 0.286. The van der Waals surface area contributed by atoms with E-state index in [1.165, 1.54) is 0 Å². The summed E-state index contributed by atoms with van der Waals surface area (Å²) in [7, 11) is 1.94. The first kappa shape index (κ1) is 11.8. The van der Waals surface area contributed by atoms with Crippen LogP contribution >= 0.6 is 0 Å². The number of aromatic nitrogens is 3. The van der Waals surface area contributed by atoms with E-state index in [0.29, 0.717) is 6.01 Å². The van der Waals surface area contributed by atoms with Crippen LogP contribution in [0, 0.1) is 6.92 Å². The van der Waals surface area contributed by atoms with Crippen molar-refractivity contribution in [3.63, 3.8) is 0 Å². The van der Waals surface area contributed by atoms with Crippen molar-refractivity contribution >= 4 is 17.1 Å². The number of hydrogen-bond acceptors (Lipinski definition) is 4. The van der Waals surface area contributed by atoms with Crippen molar-refractivity contribution in [2.45, 2.75) is 19.9 Å². The van der Waals surface area contributed by atoms with Gasteiger partial charge < -0.3 is 9.73 Å². The SMILES string of the molecule is Cc1c(C(C)Nc2nc3ccccc3o2)cnn1C. The first-order chi connectivity index (χ1) is 9.15. The average Bonchev–Trinajstić information content (AvgIpc) is 2.93. The molecular formula is C14H16N4O. The van der Waals surface area contributed by atoms with Crippen LogP contribution in [0.5, 0.6) is 0 Å². The second-order valence-corrected chi connectivity index (χ2v) is 4.66. The van der Waals surface area contributed by atoms with Gasteiger partial charge in [0.1, 0.15) is 5.52 Å². The zero-order valence-electron chi connectivity index (χ0n) is 11.2. The monoisotopic (exact) mass is 256 g/mol. The first-order valence-corrected chi connectivity index (χ1v) is 6.26. The molecule has 5 heteroatoms. The van der Waals surface area contributed by atoms with Crippen molar-refractivity contribution in [2.75, 3.05) is 5.32 Å². The van der Waals surface area contributed by atoms with Crippen molar-refractivity contribution in [2.24, 2.45) is 7.05 Å². The van der Waals surface area contributed by atoms with Crippen LogP contribution in [0.3, 0.4) is 0 Å². The van der Waals surface area contributed by atoms with E-state index in [9.17, 15) is 0 Å². The average molecular weight is 256 g/mol. The molecule has 1 N–H and O–H groups in total. The van der Waals surface area contributed by atoms with Crippen molar-refractivity contribution in [1.29, 1.82) is 0 Å². The summed E-state index contributed by atoms with van der Waals surface area (Å²) < 4.78 is 7.52. The summed E-state index contributed by atoms with van der Waals surface area (Å²) in [5, 5.41) is 7.52. The highest BCUT2D eigenvalue weighted by molar-refractivity contribution is 5.74. The second-order valence-electron chi connectivity index (χ2n) is 4.66. The highest BCUT2D eigenvalue weighted by Gasteiger charge is 2.14. The fourth-order valence-electron chi connectivity index (χ4n) is 2.14. The van der Waals surface area contributed by atoms with Gasteiger partial charge in [-0.05, 0) is 26.0 Å². The number of fused-ring (bicyclic) bond motifs is 1. The molecule has 5 nitrogen and oxygen atoms in total. The molecule has 1 aromatic carbocycles. The maximum atomic E-state index is 5.66. The maximum Gasteiger partial charge on any atom is 0.296 e. The normalized spacial score (nSPS) is 12.8. The molecule has 0 aliphatic rings. The van der Waals surface area contributed by atoms with Gasteiger partial charge in [0.2, 0.25) is 0 Å². The van der Waals surface area contributed by atoms with Crippen LogP contribution in [0.25, 0.3) is 11.1 Å². The molecular weight excluding hydrogens is 240 g/mol. The molecule has 1 atom stereocenters. The quantitative estimate of drug-likeness (QED) is 0.782. The molecule has 2 aromatic heterocycles. The molecule has 98 valence electrons. The molecule has 0 bridgehead atoms. The molecule has 0 saturated heterocycles. The standard InChI is InChI=1S/C14H16N4O/c1-9(11-8-15-18(3)10(11)2)16-14-17-12-6-4-5-7-13(12)19-14/h4-9H,1-3H3,(H,16,17). The van der Waals surface area contributed by atoms with Gasteiger partial charge in [0, 0.05) is 18.3 Å². The Labute approximate surface area is 111 Å². The lowest BCUT2D eigenvalue weighted by Gasteiger charge is -2.11. The van der Waals surface area contributed by atoms with E-state index in [4.69, 9.17) is 4.42 Å². The molecule has 0 amide bonds. The number of benzene rings is 1. The zero-order valence-corrected chi connectivity index (χ0v) is 11.2. The highest BCUT2D eigenvalue weighted by Crippen LogP contribution is 2.24. The summed E-state index contributed by atoms with van der Waals surface area (Å²) in [5.41, 5.74) is 3.93. The minimum Gasteiger partial charge on any atom is -0.424 e. The van der Waals surface area contributed by atoms with E-state index in [1.807, 2.05) is 49.1 Å². The summed E-state index contributed by atoms with van der Waals surface area (Å²) in [6.45, 7) is 4.12. The molecule has 0 spiro atoms. The molecule has 19 heavy (non-hydrogen) atoms. The molecule has 3 rings (SSSR count). The summed E-state index contributed by atoms with van der Waals surface area (Å²) in [5.74, 6) is 0. The lowest BCUT2D eigenvalue weighted by molar-refractivity contribution is 0.603. The van der Waals surface area contributed by atoms with Gasteiger partial charge in [0.25, 0.3) is 6.01 Å². The lowest BCUT2D eigenvalue weighted by atomic mass is 10.1. The van der Waals surface area contributed by atoms with Crippen LogP contribution in [-0.2, 0) is 7.05 Å². The van der Waals surface area contributed by atoms with Crippen molar-refractivity contribution in [3.8, 4) is 0 Å². The number of aryl methyl sites for hydroxylation is 1. The van der Waals surface area contributed by atoms with E-state index in [1.54, 1.807) is 0 Å². The predicted octanol–water partition coefficient (Wildman–Crippen LogP) is 3.04. The van der Waals surface area contributed by atoms with Crippen molar-refractivity contribution < 1.29 is 4.42 Å². The molecule has 0 saturated carbocycles. The second kappa shape index (κ2) is 4.42. The van der Waals surface area contributed by atoms with E-state index in [2.05, 4.69) is 22.3 Å². The van der Waals surface area contributed by atoms with Gasteiger partial charge in [-0.2, -0.15) is 10.1 Å². The number of nitrogens with zero attached hydrogens (tertiary/aromatic N) is 3. The third-order valence-electron chi connectivity index (χ3n) is 3.37. The van der Waals surface area contributed by atoms with E-state index >= 15 is 0 Å². The van der Waals surface area contributed by atoms with Crippen LogP contribution in [-0.4, -0.2) is 14.8 Å². The molecule has 0 fully saturated rings. The Morgan fingerprint density at radius 1 is 1.32 bits per heavy atom. The van der Waals surface area contributed by atoms with E-state index < -0.39 is 0 Å². The van der Waals surface area contributed by atoms with Crippen molar-refractivity contribution in [3.05, 3.63) is 41.7 Å². The van der Waals surface area contributed by atoms with Gasteiger partial charge in [0.15, 0.2) is 5.58 Å². The molecule has 2 heterocycles. The Morgan fingerprint density at radius 3 is 2.79 bits per heavy atom.